The number of carboxylic acid groups (broad SMARTS) is 2. The number of ketones is 2. The number of amides is 1. The van der Waals surface area contributed by atoms with Gasteiger partial charge in [0.25, 0.3) is 0 Å². The fourth-order valence-corrected chi connectivity index (χ4v) is 13.1. The van der Waals surface area contributed by atoms with Crippen LogP contribution in [0, 0.1) is 27.7 Å². The molecule has 0 bridgehead atoms. The Morgan fingerprint density at radius 3 is 1.40 bits per heavy atom. The molecule has 3 N–H and O–H groups in total. The monoisotopic (exact) mass is 970 g/mol. The molecule has 342 valence electrons. The standard InChI is InChI=1S/C33H29NO5S2.C18H17N3O3S2/c1-18-26(22-12-7-13-23(22)27-15-31(32(36)37)41-19(27)2)14-30(40-18)29(35)16-34-33(38)39-17-28-24-10-5-3-8-20(24)21-9-4-6-11-25(21)28;1-9-13(6-16(25-9)15(22)8-20-21-19)11-4-3-5-12(11)14-7-17(18(23)24)26-10(14)2/h3-6,8-11,14-15,28H,7,12-13,16-17H2,1-2H3,(H,34,38)(H,36,37);6-7H,3-5,8H2,1-2H3,(H,23,24). The molecule has 16 heteroatoms. The number of aromatic carboxylic acids is 2. The second-order valence-electron chi connectivity index (χ2n) is 16.5. The Bertz CT molecular complexity index is 3060. The number of hydrogen-bond acceptors (Lipinski definition) is 11. The molecule has 4 heterocycles. The highest BCUT2D eigenvalue weighted by molar-refractivity contribution is 7.15. The summed E-state index contributed by atoms with van der Waals surface area (Å²) in [5.41, 5.74) is 21.8. The second-order valence-corrected chi connectivity index (χ2v) is 21.5. The Morgan fingerprint density at radius 1 is 0.612 bits per heavy atom. The molecule has 9 rings (SSSR count). The summed E-state index contributed by atoms with van der Waals surface area (Å²) in [6.07, 6.45) is 4.97. The van der Waals surface area contributed by atoms with E-state index in [1.807, 2.05) is 64.1 Å². The summed E-state index contributed by atoms with van der Waals surface area (Å²) in [4.78, 5) is 69.2. The molecular formula is C51H46N4O8S4. The zero-order valence-corrected chi connectivity index (χ0v) is 40.5. The Labute approximate surface area is 402 Å². The lowest BCUT2D eigenvalue weighted by molar-refractivity contribution is 0.0691. The predicted octanol–water partition coefficient (Wildman–Crippen LogP) is 13.7. The van der Waals surface area contributed by atoms with Crippen molar-refractivity contribution in [2.45, 2.75) is 72.1 Å². The van der Waals surface area contributed by atoms with Crippen molar-refractivity contribution in [2.24, 2.45) is 5.11 Å². The van der Waals surface area contributed by atoms with E-state index in [-0.39, 0.29) is 37.2 Å². The molecule has 0 radical (unpaired) electrons. The summed E-state index contributed by atoms with van der Waals surface area (Å²) in [5, 5.41) is 24.7. The molecule has 0 atom stereocenters. The second kappa shape index (κ2) is 20.2. The van der Waals surface area contributed by atoms with Gasteiger partial charge in [0.05, 0.1) is 22.8 Å². The fraction of sp³-hybridized carbons (Fsp3) is 0.275. The highest BCUT2D eigenvalue weighted by Crippen LogP contribution is 2.47. The van der Waals surface area contributed by atoms with Gasteiger partial charge >= 0.3 is 18.0 Å². The third-order valence-corrected chi connectivity index (χ3v) is 16.7. The predicted molar refractivity (Wildman–Crippen MR) is 267 cm³/mol. The molecule has 12 nitrogen and oxygen atoms in total. The number of carboxylic acids is 2. The van der Waals surface area contributed by atoms with Crippen LogP contribution in [0.15, 0.2) is 77.9 Å². The first-order valence-corrected chi connectivity index (χ1v) is 25.0. The van der Waals surface area contributed by atoms with Crippen LogP contribution in [-0.2, 0) is 4.74 Å². The number of nitrogens with one attached hydrogen (secondary N) is 1. The van der Waals surface area contributed by atoms with E-state index in [0.717, 1.165) is 103 Å². The minimum absolute atomic E-state index is 0.0429. The van der Waals surface area contributed by atoms with E-state index in [0.29, 0.717) is 19.5 Å². The number of rotatable bonds is 14. The first-order chi connectivity index (χ1) is 32.2. The van der Waals surface area contributed by atoms with Crippen molar-refractivity contribution in [3.63, 3.8) is 0 Å². The lowest BCUT2D eigenvalue weighted by atomic mass is 9.97. The quantitative estimate of drug-likeness (QED) is 0.0415. The van der Waals surface area contributed by atoms with Crippen molar-refractivity contribution >= 4 is 97.2 Å². The van der Waals surface area contributed by atoms with Gasteiger partial charge in [-0.15, -0.1) is 45.3 Å². The Kier molecular flexibility index (Phi) is 14.2. The minimum Gasteiger partial charge on any atom is -0.477 e. The normalized spacial score (nSPS) is 14.0. The van der Waals surface area contributed by atoms with Crippen LogP contribution >= 0.6 is 45.3 Å². The van der Waals surface area contributed by atoms with Gasteiger partial charge in [-0.3, -0.25) is 9.59 Å². The van der Waals surface area contributed by atoms with E-state index < -0.39 is 18.0 Å². The minimum atomic E-state index is -0.909. The van der Waals surface area contributed by atoms with E-state index in [9.17, 15) is 34.2 Å². The van der Waals surface area contributed by atoms with E-state index in [2.05, 4.69) is 39.6 Å². The first-order valence-electron chi connectivity index (χ1n) is 21.7. The van der Waals surface area contributed by atoms with Gasteiger partial charge in [-0.25, -0.2) is 14.4 Å². The zero-order valence-electron chi connectivity index (χ0n) is 37.2. The molecule has 0 saturated carbocycles. The highest BCUT2D eigenvalue weighted by atomic mass is 32.1. The molecule has 6 aromatic rings. The number of carbonyl (C=O) groups is 5. The molecule has 0 unspecified atom stereocenters. The van der Waals surface area contributed by atoms with Gasteiger partial charge < -0.3 is 20.3 Å². The molecule has 3 aliphatic carbocycles. The SMILES string of the molecule is Cc1sc(C(=O)O)cc1C1=C(c2cc(C(=O)CN=[N+]=[N-])sc2C)CCC1.Cc1sc(C(=O)O)cc1C1=C(c2cc(C(=O)CNC(=O)OCC3c4ccccc4-c4ccccc43)sc2C)CCC1. The Morgan fingerprint density at radius 2 is 1.00 bits per heavy atom. The number of thiophene rings is 4. The number of aryl methyl sites for hydroxylation is 4. The van der Waals surface area contributed by atoms with E-state index in [4.69, 9.17) is 10.3 Å². The van der Waals surface area contributed by atoms with Gasteiger partial charge in [-0.05, 0) is 163 Å². The van der Waals surface area contributed by atoms with Gasteiger partial charge in [0.15, 0.2) is 11.6 Å². The summed E-state index contributed by atoms with van der Waals surface area (Å²) in [5.74, 6) is -2.20. The third kappa shape index (κ3) is 9.85. The number of nitrogens with zero attached hydrogens (tertiary/aromatic N) is 3. The maximum absolute atomic E-state index is 13.1. The maximum Gasteiger partial charge on any atom is 0.407 e. The zero-order chi connectivity index (χ0) is 47.5. The van der Waals surface area contributed by atoms with Crippen LogP contribution in [0.5, 0.6) is 0 Å². The molecule has 1 amide bonds. The number of hydrogen-bond donors (Lipinski definition) is 3. The number of azide groups is 1. The fourth-order valence-electron chi connectivity index (χ4n) is 9.35. The molecular weight excluding hydrogens is 925 g/mol. The van der Waals surface area contributed by atoms with Gasteiger partial charge in [-0.1, -0.05) is 53.6 Å². The highest BCUT2D eigenvalue weighted by Gasteiger charge is 2.30. The van der Waals surface area contributed by atoms with Crippen molar-refractivity contribution in [1.29, 1.82) is 0 Å². The van der Waals surface area contributed by atoms with Crippen LogP contribution in [-0.4, -0.2) is 59.5 Å². The topological polar surface area (TPSA) is 196 Å². The lowest BCUT2D eigenvalue weighted by Gasteiger charge is -2.14. The Hall–Kier alpha value is -6.42. The number of fused-ring (bicyclic) bond motifs is 3. The number of benzene rings is 2. The number of allylic oxidation sites excluding steroid dienone is 4. The summed E-state index contributed by atoms with van der Waals surface area (Å²) in [6.45, 7) is 7.77. The molecule has 0 fully saturated rings. The van der Waals surface area contributed by atoms with Crippen LogP contribution in [0.1, 0.15) is 136 Å². The van der Waals surface area contributed by atoms with Gasteiger partial charge in [0.2, 0.25) is 0 Å². The summed E-state index contributed by atoms with van der Waals surface area (Å²) >= 11 is 5.43. The Balaban J connectivity index is 0.000000202. The van der Waals surface area contributed by atoms with Crippen LogP contribution in [0.25, 0.3) is 43.9 Å². The number of alkyl carbamates (subject to hydrolysis) is 1. The largest absolute Gasteiger partial charge is 0.477 e. The summed E-state index contributed by atoms with van der Waals surface area (Å²) in [6, 6.07) is 23.7. The maximum atomic E-state index is 13.1. The van der Waals surface area contributed by atoms with Crippen LogP contribution in [0.3, 0.4) is 0 Å². The number of Topliss-reactive ketones (excluding diaryl/α,β-unsaturated/α-hetero) is 2. The van der Waals surface area contributed by atoms with E-state index >= 15 is 0 Å². The molecule has 0 spiro atoms. The van der Waals surface area contributed by atoms with Crippen molar-refractivity contribution < 1.29 is 38.9 Å². The van der Waals surface area contributed by atoms with Gasteiger partial charge in [0.1, 0.15) is 16.4 Å². The van der Waals surface area contributed by atoms with Gasteiger partial charge in [0, 0.05) is 30.3 Å². The van der Waals surface area contributed by atoms with Crippen molar-refractivity contribution in [3.8, 4) is 11.1 Å². The van der Waals surface area contributed by atoms with E-state index in [1.54, 1.807) is 12.1 Å². The molecule has 67 heavy (non-hydrogen) atoms. The summed E-state index contributed by atoms with van der Waals surface area (Å²) < 4.78 is 5.58. The molecule has 4 aromatic heterocycles. The van der Waals surface area contributed by atoms with E-state index in [1.165, 1.54) is 67.6 Å². The molecule has 2 aromatic carbocycles. The van der Waals surface area contributed by atoms with Crippen molar-refractivity contribution in [1.82, 2.24) is 5.32 Å². The molecule has 3 aliphatic rings. The number of ether oxygens (including phenoxy) is 1. The van der Waals surface area contributed by atoms with Crippen LogP contribution < -0.4 is 5.32 Å². The lowest BCUT2D eigenvalue weighted by Crippen LogP contribution is -2.30. The number of carbonyl (C=O) groups excluding carboxylic acids is 3. The van der Waals surface area contributed by atoms with Gasteiger partial charge in [-0.2, -0.15) is 0 Å². The van der Waals surface area contributed by atoms with Crippen LogP contribution in [0.4, 0.5) is 4.79 Å². The average Bonchev–Trinajstić information content (AvgIpc) is 4.19. The third-order valence-electron chi connectivity index (χ3n) is 12.4. The smallest absolute Gasteiger partial charge is 0.407 e. The van der Waals surface area contributed by atoms with Crippen molar-refractivity contribution in [3.05, 3.63) is 156 Å². The summed E-state index contributed by atoms with van der Waals surface area (Å²) in [7, 11) is 0. The van der Waals surface area contributed by atoms with Crippen LogP contribution in [0.2, 0.25) is 0 Å². The molecule has 0 aliphatic heterocycles. The molecule has 0 saturated heterocycles. The van der Waals surface area contributed by atoms with Crippen molar-refractivity contribution in [2.75, 3.05) is 19.7 Å². The average molecular weight is 971 g/mol. The first kappa shape index (κ1) is 47.1.